The fraction of sp³-hybridized carbons (Fsp3) is 0.333. The van der Waals surface area contributed by atoms with E-state index in [1.807, 2.05) is 0 Å². The molecule has 24 heavy (non-hydrogen) atoms. The number of carbonyl (C=O) groups is 1. The molecular formula is C15H16F2N4O3. The molecule has 1 unspecified atom stereocenters. The monoisotopic (exact) mass is 338 g/mol. The van der Waals surface area contributed by atoms with Gasteiger partial charge in [0.1, 0.15) is 11.4 Å². The van der Waals surface area contributed by atoms with Crippen LogP contribution in [0.5, 0.6) is 0 Å². The Kier molecular flexibility index (Phi) is 4.91. The van der Waals surface area contributed by atoms with E-state index in [0.29, 0.717) is 5.69 Å². The molecule has 0 spiro atoms. The van der Waals surface area contributed by atoms with Crippen LogP contribution in [0.2, 0.25) is 0 Å². The summed E-state index contributed by atoms with van der Waals surface area (Å²) in [4.78, 5) is 22.6. The molecule has 9 heteroatoms. The van der Waals surface area contributed by atoms with Gasteiger partial charge in [0.05, 0.1) is 17.4 Å². The lowest BCUT2D eigenvalue weighted by Crippen LogP contribution is -2.25. The van der Waals surface area contributed by atoms with Gasteiger partial charge in [-0.25, -0.2) is 8.78 Å². The van der Waals surface area contributed by atoms with Gasteiger partial charge in [-0.3, -0.25) is 19.6 Å². The van der Waals surface area contributed by atoms with Gasteiger partial charge < -0.3 is 5.32 Å². The highest BCUT2D eigenvalue weighted by Gasteiger charge is 2.24. The van der Waals surface area contributed by atoms with Crippen LogP contribution in [0.25, 0.3) is 0 Å². The zero-order chi connectivity index (χ0) is 18.0. The highest BCUT2D eigenvalue weighted by Crippen LogP contribution is 2.23. The lowest BCUT2D eigenvalue weighted by Gasteiger charge is -2.13. The van der Waals surface area contributed by atoms with Crippen molar-refractivity contribution in [1.82, 2.24) is 9.78 Å². The number of aromatic nitrogens is 2. The molecule has 128 valence electrons. The molecular weight excluding hydrogens is 322 g/mol. The Morgan fingerprint density at radius 3 is 2.58 bits per heavy atom. The van der Waals surface area contributed by atoms with E-state index in [0.717, 1.165) is 12.1 Å². The summed E-state index contributed by atoms with van der Waals surface area (Å²) in [5, 5.41) is 17.5. The summed E-state index contributed by atoms with van der Waals surface area (Å²) < 4.78 is 27.4. The van der Waals surface area contributed by atoms with E-state index in [2.05, 4.69) is 10.4 Å². The predicted molar refractivity (Wildman–Crippen MR) is 82.5 cm³/mol. The first-order chi connectivity index (χ1) is 11.2. The van der Waals surface area contributed by atoms with Crippen LogP contribution in [-0.4, -0.2) is 20.6 Å². The third kappa shape index (κ3) is 3.55. The van der Waals surface area contributed by atoms with Crippen LogP contribution in [-0.2, 0) is 11.3 Å². The van der Waals surface area contributed by atoms with Crippen LogP contribution in [0, 0.1) is 41.5 Å². The number of halogens is 2. The van der Waals surface area contributed by atoms with Crippen molar-refractivity contribution in [3.63, 3.8) is 0 Å². The lowest BCUT2D eigenvalue weighted by molar-refractivity contribution is -0.386. The minimum atomic E-state index is -1.06. The molecule has 2 aromatic rings. The maximum atomic E-state index is 13.1. The molecule has 1 heterocycles. The molecule has 0 aliphatic carbocycles. The third-order valence-electron chi connectivity index (χ3n) is 3.61. The Bertz CT molecular complexity index is 804. The average molecular weight is 338 g/mol. The number of nitrogens with one attached hydrogen (secondary N) is 1. The van der Waals surface area contributed by atoms with Crippen molar-refractivity contribution in [3.05, 3.63) is 51.3 Å². The van der Waals surface area contributed by atoms with Gasteiger partial charge in [-0.15, -0.1) is 0 Å². The van der Waals surface area contributed by atoms with Gasteiger partial charge in [-0.05, 0) is 26.0 Å². The summed E-state index contributed by atoms with van der Waals surface area (Å²) in [6.07, 6.45) is 0. The molecule has 0 bridgehead atoms. The van der Waals surface area contributed by atoms with Gasteiger partial charge in [-0.1, -0.05) is 6.92 Å². The first kappa shape index (κ1) is 17.5. The predicted octanol–water partition coefficient (Wildman–Crippen LogP) is 2.96. The van der Waals surface area contributed by atoms with E-state index in [9.17, 15) is 23.7 Å². The van der Waals surface area contributed by atoms with Crippen LogP contribution in [0.1, 0.15) is 18.3 Å². The van der Waals surface area contributed by atoms with Crippen molar-refractivity contribution < 1.29 is 18.5 Å². The van der Waals surface area contributed by atoms with E-state index < -0.39 is 28.4 Å². The van der Waals surface area contributed by atoms with Gasteiger partial charge in [-0.2, -0.15) is 5.10 Å². The van der Waals surface area contributed by atoms with Gasteiger partial charge in [0, 0.05) is 11.8 Å². The smallest absolute Gasteiger partial charge is 0.312 e. The highest BCUT2D eigenvalue weighted by molar-refractivity contribution is 5.92. The number of hydrogen-bond donors (Lipinski definition) is 1. The van der Waals surface area contributed by atoms with Gasteiger partial charge in [0.2, 0.25) is 5.91 Å². The molecule has 1 aromatic heterocycles. The summed E-state index contributed by atoms with van der Waals surface area (Å²) in [5.74, 6) is -3.09. The Hall–Kier alpha value is -2.84. The van der Waals surface area contributed by atoms with Gasteiger partial charge >= 0.3 is 5.69 Å². The first-order valence-corrected chi connectivity index (χ1v) is 7.15. The van der Waals surface area contributed by atoms with Crippen LogP contribution in [0.4, 0.5) is 20.2 Å². The van der Waals surface area contributed by atoms with Crippen molar-refractivity contribution in [3.8, 4) is 0 Å². The highest BCUT2D eigenvalue weighted by atomic mass is 19.2. The largest absolute Gasteiger partial charge is 0.326 e. The van der Waals surface area contributed by atoms with E-state index in [4.69, 9.17) is 0 Å². The average Bonchev–Trinajstić information content (AvgIpc) is 2.77. The number of carbonyl (C=O) groups excluding carboxylic acids is 1. The Morgan fingerprint density at radius 1 is 1.38 bits per heavy atom. The SMILES string of the molecule is Cc1nn(CC(C)C(=O)Nc2ccc(F)c(F)c2)c(C)c1[N+](=O)[O-]. The molecule has 1 N–H and O–H groups in total. The lowest BCUT2D eigenvalue weighted by atomic mass is 10.1. The number of aryl methyl sites for hydroxylation is 1. The van der Waals surface area contributed by atoms with E-state index >= 15 is 0 Å². The molecule has 0 aliphatic heterocycles. The van der Waals surface area contributed by atoms with E-state index in [1.165, 1.54) is 17.7 Å². The van der Waals surface area contributed by atoms with Crippen molar-refractivity contribution in [2.24, 2.45) is 5.92 Å². The number of anilines is 1. The summed E-state index contributed by atoms with van der Waals surface area (Å²) in [7, 11) is 0. The summed E-state index contributed by atoms with van der Waals surface area (Å²) in [6.45, 7) is 4.80. The van der Waals surface area contributed by atoms with Crippen LogP contribution in [0.3, 0.4) is 0 Å². The fourth-order valence-electron chi connectivity index (χ4n) is 2.31. The standard InChI is InChI=1S/C15H16F2N4O3/c1-8(7-20-10(3)14(21(23)24)9(2)19-20)15(22)18-11-4-5-12(16)13(17)6-11/h4-6,8H,7H2,1-3H3,(H,18,22). The molecule has 1 atom stereocenters. The zero-order valence-electron chi connectivity index (χ0n) is 13.3. The van der Waals surface area contributed by atoms with Crippen LogP contribution in [0.15, 0.2) is 18.2 Å². The second kappa shape index (κ2) is 6.73. The third-order valence-corrected chi connectivity index (χ3v) is 3.61. The summed E-state index contributed by atoms with van der Waals surface area (Å²) >= 11 is 0. The Labute approximate surface area is 136 Å². The number of rotatable bonds is 5. The fourth-order valence-corrected chi connectivity index (χ4v) is 2.31. The molecule has 0 fully saturated rings. The number of nitrogens with zero attached hydrogens (tertiary/aromatic N) is 3. The quantitative estimate of drug-likeness (QED) is 0.670. The molecule has 0 aliphatic rings. The van der Waals surface area contributed by atoms with E-state index in [1.54, 1.807) is 13.8 Å². The molecule has 1 aromatic carbocycles. The first-order valence-electron chi connectivity index (χ1n) is 7.15. The summed E-state index contributed by atoms with van der Waals surface area (Å²) in [6, 6.07) is 3.05. The zero-order valence-corrected chi connectivity index (χ0v) is 13.3. The van der Waals surface area contributed by atoms with E-state index in [-0.39, 0.29) is 23.6 Å². The topological polar surface area (TPSA) is 90.1 Å². The molecule has 2 rings (SSSR count). The second-order valence-electron chi connectivity index (χ2n) is 5.48. The summed E-state index contributed by atoms with van der Waals surface area (Å²) in [5.41, 5.74) is 0.670. The maximum absolute atomic E-state index is 13.1. The van der Waals surface area contributed by atoms with Crippen molar-refractivity contribution in [2.45, 2.75) is 27.3 Å². The molecule has 0 saturated carbocycles. The second-order valence-corrected chi connectivity index (χ2v) is 5.48. The van der Waals surface area contributed by atoms with Crippen LogP contribution < -0.4 is 5.32 Å². The molecule has 0 radical (unpaired) electrons. The number of amides is 1. The number of hydrogen-bond acceptors (Lipinski definition) is 4. The minimum Gasteiger partial charge on any atom is -0.326 e. The normalized spacial score (nSPS) is 12.0. The Morgan fingerprint density at radius 2 is 2.04 bits per heavy atom. The molecule has 0 saturated heterocycles. The van der Waals surface area contributed by atoms with Crippen LogP contribution >= 0.6 is 0 Å². The minimum absolute atomic E-state index is 0.0804. The van der Waals surface area contributed by atoms with Crippen molar-refractivity contribution in [2.75, 3.05) is 5.32 Å². The van der Waals surface area contributed by atoms with Crippen molar-refractivity contribution in [1.29, 1.82) is 0 Å². The van der Waals surface area contributed by atoms with Gasteiger partial charge in [0.25, 0.3) is 0 Å². The number of benzene rings is 1. The molecule has 1 amide bonds. The number of nitro groups is 1. The molecule has 7 nitrogen and oxygen atoms in total. The van der Waals surface area contributed by atoms with Gasteiger partial charge in [0.15, 0.2) is 11.6 Å². The van der Waals surface area contributed by atoms with Crippen molar-refractivity contribution >= 4 is 17.3 Å². The Balaban J connectivity index is 2.10. The maximum Gasteiger partial charge on any atom is 0.312 e.